The molecule has 0 amide bonds. The minimum Gasteiger partial charge on any atom is -0.297 e. The van der Waals surface area contributed by atoms with Gasteiger partial charge in [0.1, 0.15) is 5.82 Å². The smallest absolute Gasteiger partial charge is 0.152 e. The molecule has 5 rings (SSSR count). The van der Waals surface area contributed by atoms with Crippen molar-refractivity contribution in [2.45, 2.75) is 105 Å². The summed E-state index contributed by atoms with van der Waals surface area (Å²) in [5, 5.41) is 4.54. The van der Waals surface area contributed by atoms with E-state index in [0.717, 1.165) is 28.7 Å². The fraction of sp³-hybridized carbons (Fsp3) is 0.395. The summed E-state index contributed by atoms with van der Waals surface area (Å²) < 4.78 is 0. The van der Waals surface area contributed by atoms with Gasteiger partial charge in [0.25, 0.3) is 0 Å². The van der Waals surface area contributed by atoms with Gasteiger partial charge in [-0.2, -0.15) is 0 Å². The minimum absolute atomic E-state index is 0.00375. The molecule has 0 bridgehead atoms. The second kappa shape index (κ2) is 12.9. The molecule has 0 saturated heterocycles. The van der Waals surface area contributed by atoms with Crippen LogP contribution in [0.25, 0.3) is 0 Å². The molecule has 0 spiro atoms. The molecule has 0 unspecified atom stereocenters. The maximum atomic E-state index is 4.98. The Kier molecular flexibility index (Phi) is 9.40. The van der Waals surface area contributed by atoms with Crippen LogP contribution in [-0.2, 0) is 21.7 Å². The van der Waals surface area contributed by atoms with Crippen molar-refractivity contribution in [3.63, 3.8) is 0 Å². The lowest BCUT2D eigenvalue weighted by Crippen LogP contribution is -2.41. The minimum atomic E-state index is -0.0158. The first-order valence-corrected chi connectivity index (χ1v) is 17.2. The molecule has 0 N–H and O–H groups in total. The number of nitrogens with zero attached hydrogens (tertiary/aromatic N) is 5. The van der Waals surface area contributed by atoms with Crippen molar-refractivity contribution >= 4 is 23.0 Å². The molecule has 2 aromatic heterocycles. The molecule has 4 aromatic rings. The van der Waals surface area contributed by atoms with Crippen LogP contribution in [0.1, 0.15) is 105 Å². The molecule has 0 atom stereocenters. The molecule has 48 heavy (non-hydrogen) atoms. The fourth-order valence-electron chi connectivity index (χ4n) is 5.89. The van der Waals surface area contributed by atoms with Crippen molar-refractivity contribution in [1.29, 1.82) is 0 Å². The highest BCUT2D eigenvalue weighted by atomic mass is 15.6. The van der Waals surface area contributed by atoms with Crippen LogP contribution >= 0.6 is 0 Å². The molecule has 252 valence electrons. The van der Waals surface area contributed by atoms with Crippen molar-refractivity contribution in [2.75, 3.05) is 16.5 Å². The van der Waals surface area contributed by atoms with Gasteiger partial charge in [0.05, 0.1) is 12.2 Å². The van der Waals surface area contributed by atoms with E-state index in [1.54, 1.807) is 0 Å². The Morgan fingerprint density at radius 1 is 0.542 bits per heavy atom. The Hall–Kier alpha value is -4.38. The van der Waals surface area contributed by atoms with Crippen molar-refractivity contribution in [3.05, 3.63) is 131 Å². The van der Waals surface area contributed by atoms with E-state index in [-0.39, 0.29) is 21.7 Å². The highest BCUT2D eigenvalue weighted by Gasteiger charge is 2.28. The normalized spacial score (nSPS) is 14.2. The number of pyridine rings is 2. The van der Waals surface area contributed by atoms with Crippen LogP contribution in [0.15, 0.2) is 109 Å². The average molecular weight is 642 g/mol. The van der Waals surface area contributed by atoms with E-state index in [2.05, 4.69) is 189 Å². The third-order valence-corrected chi connectivity index (χ3v) is 9.01. The van der Waals surface area contributed by atoms with Gasteiger partial charge in [0, 0.05) is 30.0 Å². The summed E-state index contributed by atoms with van der Waals surface area (Å²) in [6.07, 6.45) is 10.4. The van der Waals surface area contributed by atoms with E-state index >= 15 is 0 Å². The topological polar surface area (TPSA) is 35.5 Å². The number of allylic oxidation sites excluding steroid dienone is 2. The van der Waals surface area contributed by atoms with E-state index in [1.165, 1.54) is 22.3 Å². The van der Waals surface area contributed by atoms with Crippen LogP contribution in [0, 0.1) is 0 Å². The SMILES string of the molecule is CC(C)(C)c1cccc(N(C2=CC=CN(N(c3cccc(C(C)(C)C)c3)c3cc(C(C)(C)C)ccn3)C2)c2cc(C(C)(C)C)ccn2)c1. The lowest BCUT2D eigenvalue weighted by Gasteiger charge is -2.40. The van der Waals surface area contributed by atoms with E-state index in [4.69, 9.17) is 9.97 Å². The zero-order chi connectivity index (χ0) is 35.1. The van der Waals surface area contributed by atoms with Gasteiger partial charge < -0.3 is 0 Å². The lowest BCUT2D eigenvalue weighted by atomic mass is 9.86. The zero-order valence-corrected chi connectivity index (χ0v) is 31.3. The van der Waals surface area contributed by atoms with Gasteiger partial charge >= 0.3 is 0 Å². The van der Waals surface area contributed by atoms with Gasteiger partial charge in [-0.25, -0.2) is 15.0 Å². The summed E-state index contributed by atoms with van der Waals surface area (Å²) in [6.45, 7) is 27.7. The van der Waals surface area contributed by atoms with Gasteiger partial charge in [0.2, 0.25) is 0 Å². The first-order chi connectivity index (χ1) is 22.3. The molecule has 1 aliphatic rings. The molecular weight excluding hydrogens is 587 g/mol. The van der Waals surface area contributed by atoms with E-state index < -0.39 is 0 Å². The van der Waals surface area contributed by atoms with Crippen molar-refractivity contribution in [1.82, 2.24) is 15.0 Å². The highest BCUT2D eigenvalue weighted by Crippen LogP contribution is 2.38. The van der Waals surface area contributed by atoms with E-state index in [1.807, 2.05) is 12.4 Å². The number of aromatic nitrogens is 2. The van der Waals surface area contributed by atoms with E-state index in [0.29, 0.717) is 6.54 Å². The number of anilines is 4. The molecule has 0 fully saturated rings. The zero-order valence-electron chi connectivity index (χ0n) is 31.3. The Morgan fingerprint density at radius 3 is 1.54 bits per heavy atom. The number of rotatable bonds is 6. The second-order valence-electron chi connectivity index (χ2n) is 17.2. The largest absolute Gasteiger partial charge is 0.297 e. The Labute approximate surface area is 290 Å². The third-order valence-electron chi connectivity index (χ3n) is 9.01. The molecular formula is C43H55N5. The average Bonchev–Trinajstić information content (AvgIpc) is 3.01. The van der Waals surface area contributed by atoms with Gasteiger partial charge in [-0.1, -0.05) is 107 Å². The quantitative estimate of drug-likeness (QED) is 0.209. The van der Waals surface area contributed by atoms with Crippen LogP contribution in [0.3, 0.4) is 0 Å². The lowest BCUT2D eigenvalue weighted by molar-refractivity contribution is 0.403. The van der Waals surface area contributed by atoms with Gasteiger partial charge in [-0.05, 0) is 105 Å². The number of hydrazine groups is 1. The van der Waals surface area contributed by atoms with E-state index in [9.17, 15) is 0 Å². The first-order valence-electron chi connectivity index (χ1n) is 17.2. The van der Waals surface area contributed by atoms with Gasteiger partial charge in [-0.15, -0.1) is 0 Å². The second-order valence-corrected chi connectivity index (χ2v) is 17.2. The van der Waals surface area contributed by atoms with Gasteiger partial charge in [-0.3, -0.25) is 9.91 Å². The highest BCUT2D eigenvalue weighted by molar-refractivity contribution is 5.69. The maximum absolute atomic E-state index is 4.98. The van der Waals surface area contributed by atoms with Crippen molar-refractivity contribution in [2.24, 2.45) is 0 Å². The molecule has 5 nitrogen and oxygen atoms in total. The summed E-state index contributed by atoms with van der Waals surface area (Å²) in [7, 11) is 0. The standard InChI is InChI=1S/C43H55N5/c1-40(2,3)31-16-13-18-35(26-31)47(38-28-33(21-23-44-38)42(7,8)9)37-20-15-25-46(30-37)48(36-19-14-17-32(27-36)41(4,5)6)39-29-34(22-24-45-39)43(10,11)12/h13-29H,30H2,1-12H3. The van der Waals surface area contributed by atoms with Gasteiger partial charge in [0.15, 0.2) is 5.82 Å². The van der Waals surface area contributed by atoms with Crippen LogP contribution in [0.2, 0.25) is 0 Å². The molecule has 0 saturated carbocycles. The number of hydrogen-bond donors (Lipinski definition) is 0. The monoisotopic (exact) mass is 641 g/mol. The molecule has 2 aromatic carbocycles. The predicted octanol–water partition coefficient (Wildman–Crippen LogP) is 11.3. The van der Waals surface area contributed by atoms with Crippen molar-refractivity contribution < 1.29 is 0 Å². The molecule has 3 heterocycles. The molecule has 1 aliphatic heterocycles. The van der Waals surface area contributed by atoms with Crippen LogP contribution in [-0.4, -0.2) is 21.5 Å². The third kappa shape index (κ3) is 7.84. The molecule has 5 heteroatoms. The van der Waals surface area contributed by atoms with Crippen LogP contribution in [0.5, 0.6) is 0 Å². The summed E-state index contributed by atoms with van der Waals surface area (Å²) in [6, 6.07) is 26.5. The first kappa shape index (κ1) is 34.9. The summed E-state index contributed by atoms with van der Waals surface area (Å²) >= 11 is 0. The summed E-state index contributed by atoms with van der Waals surface area (Å²) in [4.78, 5) is 12.3. The summed E-state index contributed by atoms with van der Waals surface area (Å²) in [5.41, 5.74) is 8.31. The van der Waals surface area contributed by atoms with Crippen LogP contribution in [0.4, 0.5) is 23.0 Å². The summed E-state index contributed by atoms with van der Waals surface area (Å²) in [5.74, 6) is 1.79. The number of benzene rings is 2. The van der Waals surface area contributed by atoms with Crippen LogP contribution < -0.4 is 9.91 Å². The predicted molar refractivity (Wildman–Crippen MR) is 204 cm³/mol. The molecule has 0 radical (unpaired) electrons. The Bertz CT molecular complexity index is 1690. The Morgan fingerprint density at radius 2 is 1.00 bits per heavy atom. The molecule has 0 aliphatic carbocycles. The maximum Gasteiger partial charge on any atom is 0.152 e. The Balaban J connectivity index is 1.65. The number of hydrogen-bond acceptors (Lipinski definition) is 5. The van der Waals surface area contributed by atoms with Crippen molar-refractivity contribution in [3.8, 4) is 0 Å². The fourth-order valence-corrected chi connectivity index (χ4v) is 5.89.